The molecule has 0 fully saturated rings. The number of halogens is 4. The summed E-state index contributed by atoms with van der Waals surface area (Å²) in [5.74, 6) is -0.171. The van der Waals surface area contributed by atoms with Crippen molar-refractivity contribution in [1.82, 2.24) is 10.6 Å². The van der Waals surface area contributed by atoms with Crippen molar-refractivity contribution in [2.45, 2.75) is 6.18 Å². The molecule has 3 rings (SSSR count). The first kappa shape index (κ1) is 26.7. The van der Waals surface area contributed by atoms with Gasteiger partial charge in [0.1, 0.15) is 11.5 Å². The molecule has 0 radical (unpaired) electrons. The summed E-state index contributed by atoms with van der Waals surface area (Å²) in [5, 5.41) is 26.0. The third-order valence-corrected chi connectivity index (χ3v) is 6.02. The van der Waals surface area contributed by atoms with Crippen molar-refractivity contribution in [1.29, 1.82) is 10.8 Å². The number of carbonyl (C=O) groups is 1. The van der Waals surface area contributed by atoms with Gasteiger partial charge in [-0.15, -0.1) is 11.3 Å². The van der Waals surface area contributed by atoms with Gasteiger partial charge in [0.25, 0.3) is 5.91 Å². The first-order valence-electron chi connectivity index (χ1n) is 10.4. The molecule has 11 heteroatoms. The summed E-state index contributed by atoms with van der Waals surface area (Å²) in [6.45, 7) is 0. The Labute approximate surface area is 214 Å². The van der Waals surface area contributed by atoms with E-state index >= 15 is 0 Å². The van der Waals surface area contributed by atoms with Crippen molar-refractivity contribution in [3.05, 3.63) is 105 Å². The maximum Gasteiger partial charge on any atom is 0.432 e. The number of thiophene rings is 1. The zero-order valence-corrected chi connectivity index (χ0v) is 20.4. The molecule has 0 unspecified atom stereocenters. The van der Waals surface area contributed by atoms with Crippen molar-refractivity contribution in [3.63, 3.8) is 0 Å². The summed E-state index contributed by atoms with van der Waals surface area (Å²) in [6.07, 6.45) is -2.69. The Morgan fingerprint density at radius 3 is 2.22 bits per heavy atom. The number of hydrogen-bond acceptors (Lipinski definition) is 6. The molecule has 0 atom stereocenters. The van der Waals surface area contributed by atoms with Gasteiger partial charge in [-0.05, 0) is 47.4 Å². The molecule has 1 amide bonds. The summed E-state index contributed by atoms with van der Waals surface area (Å²) >= 11 is 7.53. The topological polar surface area (TPSA) is 101 Å². The van der Waals surface area contributed by atoms with Crippen molar-refractivity contribution in [2.75, 3.05) is 12.4 Å². The molecule has 0 bridgehead atoms. The van der Waals surface area contributed by atoms with Gasteiger partial charge in [0, 0.05) is 24.4 Å². The lowest BCUT2D eigenvalue weighted by atomic mass is 10.1. The lowest BCUT2D eigenvalue weighted by Crippen LogP contribution is -2.30. The Hall–Kier alpha value is -3.89. The van der Waals surface area contributed by atoms with E-state index in [-0.39, 0.29) is 22.0 Å². The number of allylic oxidation sites excluding steroid dienone is 2. The average Bonchev–Trinajstić information content (AvgIpc) is 3.39. The number of rotatable bonds is 9. The largest absolute Gasteiger partial charge is 0.432 e. The quantitative estimate of drug-likeness (QED) is 0.210. The third kappa shape index (κ3) is 7.06. The maximum absolute atomic E-state index is 13.0. The average molecular weight is 532 g/mol. The second-order valence-electron chi connectivity index (χ2n) is 7.30. The standard InChI is InChI=1S/C25H21ClF3N5OS/c1-32-23(13-18(30)21-7-4-12-36-21)34-24(35)16-10-8-15(9-11-16)20(14-22(31)25(27,28)29)33-19-6-3-2-5-17(19)26/h2-14,30-33H,1H3,(H,34,35)/b20-14-,23-13+,30-18?,31-22?. The van der Waals surface area contributed by atoms with Gasteiger partial charge < -0.3 is 16.0 Å². The maximum atomic E-state index is 13.0. The molecular weight excluding hydrogens is 511 g/mol. The van der Waals surface area contributed by atoms with Gasteiger partial charge in [0.2, 0.25) is 0 Å². The Balaban J connectivity index is 1.83. The zero-order valence-electron chi connectivity index (χ0n) is 18.8. The summed E-state index contributed by atoms with van der Waals surface area (Å²) < 4.78 is 39.1. The molecule has 36 heavy (non-hydrogen) atoms. The molecule has 0 saturated carbocycles. The van der Waals surface area contributed by atoms with Crippen molar-refractivity contribution >= 4 is 51.7 Å². The summed E-state index contributed by atoms with van der Waals surface area (Å²) in [7, 11) is 1.60. The lowest BCUT2D eigenvalue weighted by Gasteiger charge is -2.15. The fourth-order valence-corrected chi connectivity index (χ4v) is 3.77. The van der Waals surface area contributed by atoms with Crippen LogP contribution in [0.4, 0.5) is 18.9 Å². The fraction of sp³-hybridized carbons (Fsp3) is 0.0800. The smallest absolute Gasteiger partial charge is 0.375 e. The predicted octanol–water partition coefficient (Wildman–Crippen LogP) is 6.30. The number of hydrogen-bond donors (Lipinski definition) is 5. The van der Waals surface area contributed by atoms with E-state index in [9.17, 15) is 18.0 Å². The molecule has 0 aliphatic rings. The van der Waals surface area contributed by atoms with Crippen molar-refractivity contribution in [3.8, 4) is 0 Å². The number of alkyl halides is 3. The first-order valence-corrected chi connectivity index (χ1v) is 11.7. The highest BCUT2D eigenvalue weighted by Crippen LogP contribution is 2.27. The Kier molecular flexibility index (Phi) is 8.68. The number of benzene rings is 2. The highest BCUT2D eigenvalue weighted by atomic mass is 35.5. The van der Waals surface area contributed by atoms with Crippen LogP contribution in [0.15, 0.2) is 84.0 Å². The fourth-order valence-electron chi connectivity index (χ4n) is 2.94. The van der Waals surface area contributed by atoms with Crippen LogP contribution < -0.4 is 16.0 Å². The van der Waals surface area contributed by atoms with Crippen LogP contribution in [0.25, 0.3) is 5.70 Å². The Morgan fingerprint density at radius 1 is 0.972 bits per heavy atom. The highest BCUT2D eigenvalue weighted by molar-refractivity contribution is 7.12. The van der Waals surface area contributed by atoms with Gasteiger partial charge in [0.05, 0.1) is 21.3 Å². The monoisotopic (exact) mass is 531 g/mol. The van der Waals surface area contributed by atoms with E-state index in [1.165, 1.54) is 41.7 Å². The molecule has 1 heterocycles. The molecule has 0 spiro atoms. The third-order valence-electron chi connectivity index (χ3n) is 4.79. The van der Waals surface area contributed by atoms with Crippen molar-refractivity contribution in [2.24, 2.45) is 0 Å². The van der Waals surface area contributed by atoms with Crippen molar-refractivity contribution < 1.29 is 18.0 Å². The van der Waals surface area contributed by atoms with Crippen LogP contribution in [0.2, 0.25) is 5.02 Å². The van der Waals surface area contributed by atoms with Gasteiger partial charge in [-0.3, -0.25) is 15.6 Å². The zero-order chi connectivity index (χ0) is 26.3. The van der Waals surface area contributed by atoms with Crippen LogP contribution in [-0.2, 0) is 0 Å². The summed E-state index contributed by atoms with van der Waals surface area (Å²) in [4.78, 5) is 13.5. The SMILES string of the molecule is CN/C(=C\C(=N)c1cccs1)NC(=O)c1ccc(/C(=C/C(=N)C(F)(F)F)Nc2ccccc2Cl)cc1. The van der Waals surface area contributed by atoms with Gasteiger partial charge in [-0.25, -0.2) is 0 Å². The van der Waals surface area contributed by atoms with E-state index in [1.807, 2.05) is 11.4 Å². The second kappa shape index (κ2) is 11.7. The minimum absolute atomic E-state index is 0.0161. The van der Waals surface area contributed by atoms with Crippen LogP contribution in [0.3, 0.4) is 0 Å². The van der Waals surface area contributed by atoms with E-state index in [2.05, 4.69) is 16.0 Å². The molecule has 0 aliphatic heterocycles. The van der Waals surface area contributed by atoms with E-state index in [1.54, 1.807) is 37.4 Å². The lowest BCUT2D eigenvalue weighted by molar-refractivity contribution is -0.0583. The Bertz CT molecular complexity index is 1320. The minimum Gasteiger partial charge on any atom is -0.375 e. The number of para-hydroxylation sites is 1. The number of amides is 1. The Morgan fingerprint density at radius 2 is 1.64 bits per heavy atom. The molecule has 186 valence electrons. The predicted molar refractivity (Wildman–Crippen MR) is 139 cm³/mol. The van der Waals surface area contributed by atoms with Crippen LogP contribution in [0.1, 0.15) is 20.8 Å². The molecule has 2 aromatic carbocycles. The highest BCUT2D eigenvalue weighted by Gasteiger charge is 2.33. The first-order chi connectivity index (χ1) is 17.1. The normalized spacial score (nSPS) is 12.1. The van der Waals surface area contributed by atoms with Crippen LogP contribution in [0.5, 0.6) is 0 Å². The number of anilines is 1. The number of carbonyl (C=O) groups excluding carboxylic acids is 1. The van der Waals surface area contributed by atoms with Gasteiger partial charge >= 0.3 is 6.18 Å². The molecule has 3 aromatic rings. The van der Waals surface area contributed by atoms with E-state index < -0.39 is 17.8 Å². The molecule has 5 N–H and O–H groups in total. The van der Waals surface area contributed by atoms with Crippen LogP contribution >= 0.6 is 22.9 Å². The van der Waals surface area contributed by atoms with Gasteiger partial charge in [0.15, 0.2) is 0 Å². The summed E-state index contributed by atoms with van der Waals surface area (Å²) in [6, 6.07) is 15.9. The molecule has 0 saturated heterocycles. The van der Waals surface area contributed by atoms with Gasteiger partial charge in [-0.2, -0.15) is 13.2 Å². The minimum atomic E-state index is -4.83. The molecule has 0 aliphatic carbocycles. The molecular formula is C25H21ClF3N5OS. The second-order valence-corrected chi connectivity index (χ2v) is 8.66. The van der Waals surface area contributed by atoms with Crippen LogP contribution in [-0.4, -0.2) is 30.6 Å². The molecule has 6 nitrogen and oxygen atoms in total. The summed E-state index contributed by atoms with van der Waals surface area (Å²) in [5.41, 5.74) is -0.431. The number of nitrogens with one attached hydrogen (secondary N) is 5. The molecule has 1 aromatic heterocycles. The van der Waals surface area contributed by atoms with E-state index in [4.69, 9.17) is 22.4 Å². The van der Waals surface area contributed by atoms with E-state index in [0.717, 1.165) is 4.88 Å². The van der Waals surface area contributed by atoms with E-state index in [0.29, 0.717) is 23.1 Å². The van der Waals surface area contributed by atoms with Gasteiger partial charge in [-0.1, -0.05) is 41.9 Å². The van der Waals surface area contributed by atoms with Crippen LogP contribution in [0, 0.1) is 10.8 Å².